The Morgan fingerprint density at radius 1 is 1.08 bits per heavy atom. The number of hydrogen-bond acceptors (Lipinski definition) is 4. The minimum Gasteiger partial charge on any atom is -0.465 e. The normalized spacial score (nSPS) is 10.9. The molecule has 0 radical (unpaired) electrons. The molecule has 0 saturated heterocycles. The lowest BCUT2D eigenvalue weighted by Crippen LogP contribution is -2.23. The zero-order valence-electron chi connectivity index (χ0n) is 13.2. The number of carbonyl (C=O) groups is 2. The van der Waals surface area contributed by atoms with Crippen LogP contribution in [0.25, 0.3) is 0 Å². The molecule has 2 rings (SSSR count). The molecule has 132 valence electrons. The summed E-state index contributed by atoms with van der Waals surface area (Å²) in [6.07, 6.45) is -4.56. The van der Waals surface area contributed by atoms with Crippen LogP contribution in [0.1, 0.15) is 15.9 Å². The van der Waals surface area contributed by atoms with Crippen LogP contribution in [0.2, 0.25) is 0 Å². The van der Waals surface area contributed by atoms with E-state index in [0.717, 1.165) is 6.07 Å². The minimum atomic E-state index is -4.56. The number of alkyl halides is 3. The zero-order valence-corrected chi connectivity index (χ0v) is 13.2. The Morgan fingerprint density at radius 2 is 1.80 bits per heavy atom. The van der Waals surface area contributed by atoms with Crippen molar-refractivity contribution >= 4 is 23.3 Å². The predicted molar refractivity (Wildman–Crippen MR) is 86.3 cm³/mol. The number of para-hydroxylation sites is 1. The largest absolute Gasteiger partial charge is 0.465 e. The Bertz CT molecular complexity index is 776. The van der Waals surface area contributed by atoms with Crippen molar-refractivity contribution in [2.75, 3.05) is 24.3 Å². The van der Waals surface area contributed by atoms with Gasteiger partial charge in [-0.1, -0.05) is 18.2 Å². The van der Waals surface area contributed by atoms with Crippen molar-refractivity contribution in [1.82, 2.24) is 0 Å². The van der Waals surface area contributed by atoms with Crippen molar-refractivity contribution in [3.63, 3.8) is 0 Å². The average molecular weight is 352 g/mol. The lowest BCUT2D eigenvalue weighted by molar-refractivity contribution is -0.137. The molecule has 0 atom stereocenters. The first-order chi connectivity index (χ1) is 11.8. The number of benzene rings is 2. The highest BCUT2D eigenvalue weighted by Gasteiger charge is 2.33. The third kappa shape index (κ3) is 4.97. The summed E-state index contributed by atoms with van der Waals surface area (Å²) in [7, 11) is 1.24. The Kier molecular flexibility index (Phi) is 5.63. The van der Waals surface area contributed by atoms with Crippen LogP contribution in [0.15, 0.2) is 48.5 Å². The molecule has 0 aliphatic heterocycles. The number of esters is 1. The molecule has 0 spiro atoms. The van der Waals surface area contributed by atoms with Crippen LogP contribution in [0.4, 0.5) is 24.5 Å². The molecule has 0 aromatic heterocycles. The van der Waals surface area contributed by atoms with Gasteiger partial charge in [0.25, 0.3) is 0 Å². The summed E-state index contributed by atoms with van der Waals surface area (Å²) in [5.74, 6) is -1.19. The third-order valence-corrected chi connectivity index (χ3v) is 3.24. The van der Waals surface area contributed by atoms with Crippen LogP contribution in [0.5, 0.6) is 0 Å². The van der Waals surface area contributed by atoms with Crippen molar-refractivity contribution in [2.45, 2.75) is 6.18 Å². The van der Waals surface area contributed by atoms with E-state index in [4.69, 9.17) is 0 Å². The Balaban J connectivity index is 2.02. The average Bonchev–Trinajstić information content (AvgIpc) is 2.59. The van der Waals surface area contributed by atoms with Crippen LogP contribution in [-0.2, 0) is 15.7 Å². The monoisotopic (exact) mass is 352 g/mol. The summed E-state index contributed by atoms with van der Waals surface area (Å²) >= 11 is 0. The number of ether oxygens (including phenoxy) is 1. The molecule has 0 unspecified atom stereocenters. The lowest BCUT2D eigenvalue weighted by Gasteiger charge is -2.14. The van der Waals surface area contributed by atoms with Crippen LogP contribution in [0, 0.1) is 0 Å². The molecule has 0 heterocycles. The number of amides is 1. The first-order valence-electron chi connectivity index (χ1n) is 7.19. The van der Waals surface area contributed by atoms with Gasteiger partial charge in [-0.05, 0) is 30.3 Å². The third-order valence-electron chi connectivity index (χ3n) is 3.24. The Hall–Kier alpha value is -3.03. The molecular weight excluding hydrogens is 337 g/mol. The molecule has 0 saturated carbocycles. The van der Waals surface area contributed by atoms with Gasteiger partial charge in [0.1, 0.15) is 0 Å². The standard InChI is InChI=1S/C17H15F3N2O3/c1-25-16(24)11-5-4-6-12(9-11)21-10-15(23)22-14-8-3-2-7-13(14)17(18,19)20/h2-9,21H,10H2,1H3,(H,22,23). The van der Waals surface area contributed by atoms with Gasteiger partial charge in [-0.15, -0.1) is 0 Å². The van der Waals surface area contributed by atoms with E-state index >= 15 is 0 Å². The highest BCUT2D eigenvalue weighted by molar-refractivity contribution is 5.95. The van der Waals surface area contributed by atoms with Gasteiger partial charge in [0.2, 0.25) is 5.91 Å². The van der Waals surface area contributed by atoms with Crippen LogP contribution in [0.3, 0.4) is 0 Å². The quantitative estimate of drug-likeness (QED) is 0.808. The summed E-state index contributed by atoms with van der Waals surface area (Å²) in [6.45, 7) is -0.267. The minimum absolute atomic E-state index is 0.267. The first kappa shape index (κ1) is 18.3. The Morgan fingerprint density at radius 3 is 2.48 bits per heavy atom. The first-order valence-corrected chi connectivity index (χ1v) is 7.19. The molecule has 0 bridgehead atoms. The van der Waals surface area contributed by atoms with E-state index in [9.17, 15) is 22.8 Å². The second kappa shape index (κ2) is 7.69. The molecule has 8 heteroatoms. The molecule has 0 aliphatic rings. The second-order valence-corrected chi connectivity index (χ2v) is 5.02. The summed E-state index contributed by atoms with van der Waals surface area (Å²) < 4.78 is 43.3. The van der Waals surface area contributed by atoms with E-state index in [-0.39, 0.29) is 17.8 Å². The van der Waals surface area contributed by atoms with Gasteiger partial charge in [0.15, 0.2) is 0 Å². The highest BCUT2D eigenvalue weighted by atomic mass is 19.4. The van der Waals surface area contributed by atoms with Crippen molar-refractivity contribution in [2.24, 2.45) is 0 Å². The van der Waals surface area contributed by atoms with Crippen LogP contribution >= 0.6 is 0 Å². The maximum Gasteiger partial charge on any atom is 0.418 e. The highest BCUT2D eigenvalue weighted by Crippen LogP contribution is 2.34. The van der Waals surface area contributed by atoms with Gasteiger partial charge in [0, 0.05) is 5.69 Å². The van der Waals surface area contributed by atoms with Crippen molar-refractivity contribution in [3.05, 3.63) is 59.7 Å². The summed E-state index contributed by atoms with van der Waals surface area (Å²) in [4.78, 5) is 23.3. The maximum atomic E-state index is 12.9. The predicted octanol–water partition coefficient (Wildman–Crippen LogP) is 3.54. The van der Waals surface area contributed by atoms with Gasteiger partial charge in [-0.25, -0.2) is 4.79 Å². The molecule has 1 amide bonds. The van der Waals surface area contributed by atoms with Crippen molar-refractivity contribution in [3.8, 4) is 0 Å². The van der Waals surface area contributed by atoms with Crippen LogP contribution in [-0.4, -0.2) is 25.5 Å². The van der Waals surface area contributed by atoms with Crippen molar-refractivity contribution in [1.29, 1.82) is 0 Å². The molecule has 2 aromatic carbocycles. The number of rotatable bonds is 5. The van der Waals surface area contributed by atoms with Gasteiger partial charge in [-0.2, -0.15) is 13.2 Å². The molecule has 2 aromatic rings. The topological polar surface area (TPSA) is 67.4 Å². The van der Waals surface area contributed by atoms with E-state index in [1.165, 1.54) is 37.4 Å². The molecule has 0 fully saturated rings. The van der Waals surface area contributed by atoms with Gasteiger partial charge < -0.3 is 15.4 Å². The summed E-state index contributed by atoms with van der Waals surface area (Å²) in [5.41, 5.74) is -0.487. The molecule has 25 heavy (non-hydrogen) atoms. The smallest absolute Gasteiger partial charge is 0.418 e. The van der Waals surface area contributed by atoms with Crippen LogP contribution < -0.4 is 10.6 Å². The molecule has 0 aliphatic carbocycles. The van der Waals surface area contributed by atoms with E-state index in [0.29, 0.717) is 5.69 Å². The number of hydrogen-bond donors (Lipinski definition) is 2. The fraction of sp³-hybridized carbons (Fsp3) is 0.176. The number of methoxy groups -OCH3 is 1. The number of nitrogens with one attached hydrogen (secondary N) is 2. The van der Waals surface area contributed by atoms with E-state index in [2.05, 4.69) is 15.4 Å². The lowest BCUT2D eigenvalue weighted by atomic mass is 10.1. The molecular formula is C17H15F3N2O3. The van der Waals surface area contributed by atoms with E-state index in [1.807, 2.05) is 0 Å². The van der Waals surface area contributed by atoms with Gasteiger partial charge >= 0.3 is 12.1 Å². The maximum absolute atomic E-state index is 12.9. The fourth-order valence-corrected chi connectivity index (χ4v) is 2.09. The second-order valence-electron chi connectivity index (χ2n) is 5.02. The van der Waals surface area contributed by atoms with Crippen molar-refractivity contribution < 1.29 is 27.5 Å². The van der Waals surface area contributed by atoms with Gasteiger partial charge in [0.05, 0.1) is 30.5 Å². The Labute approximate surface area is 141 Å². The summed E-state index contributed by atoms with van der Waals surface area (Å²) in [5, 5.41) is 4.96. The number of halogens is 3. The zero-order chi connectivity index (χ0) is 18.4. The van der Waals surface area contributed by atoms with Gasteiger partial charge in [-0.3, -0.25) is 4.79 Å². The van der Waals surface area contributed by atoms with E-state index < -0.39 is 23.6 Å². The SMILES string of the molecule is COC(=O)c1cccc(NCC(=O)Nc2ccccc2C(F)(F)F)c1. The fourth-order valence-electron chi connectivity index (χ4n) is 2.09. The molecule has 2 N–H and O–H groups in total. The summed E-state index contributed by atoms with van der Waals surface area (Å²) in [6, 6.07) is 10.9. The number of carbonyl (C=O) groups excluding carboxylic acids is 2. The number of anilines is 2. The van der Waals surface area contributed by atoms with E-state index in [1.54, 1.807) is 12.1 Å². The molecule has 5 nitrogen and oxygen atoms in total.